The Morgan fingerprint density at radius 1 is 0.736 bits per heavy atom. The van der Waals surface area contributed by atoms with Crippen molar-refractivity contribution in [2.45, 2.75) is 68.1 Å². The molecule has 3 aromatic carbocycles. The van der Waals surface area contributed by atoms with Gasteiger partial charge in [-0.2, -0.15) is 12.6 Å². The van der Waals surface area contributed by atoms with Crippen molar-refractivity contribution in [1.29, 1.82) is 0 Å². The quantitative estimate of drug-likeness (QED) is 0.0192. The Kier molecular flexibility index (Phi) is 18.1. The summed E-state index contributed by atoms with van der Waals surface area (Å²) < 4.78 is 0. The molecule has 0 fully saturated rings. The van der Waals surface area contributed by atoms with Gasteiger partial charge in [0.1, 0.15) is 11.6 Å². The molecule has 0 aromatic heterocycles. The summed E-state index contributed by atoms with van der Waals surface area (Å²) in [4.78, 5) is 64.9. The van der Waals surface area contributed by atoms with E-state index in [0.717, 1.165) is 16.7 Å². The molecule has 0 bridgehead atoms. The Labute approximate surface area is 326 Å². The summed E-state index contributed by atoms with van der Waals surface area (Å²) in [5, 5.41) is 13.7. The van der Waals surface area contributed by atoms with Crippen LogP contribution in [0.25, 0.3) is 0 Å². The fourth-order valence-corrected chi connectivity index (χ4v) is 6.55. The van der Waals surface area contributed by atoms with Crippen LogP contribution in [0.2, 0.25) is 0 Å². The van der Waals surface area contributed by atoms with Crippen LogP contribution in [0.1, 0.15) is 62.1 Å². The minimum Gasteiger partial charge on any atom is -0.353 e. The van der Waals surface area contributed by atoms with E-state index in [1.807, 2.05) is 91.0 Å². The molecule has 0 aliphatic carbocycles. The molecule has 12 nitrogen and oxygen atoms in total. The Morgan fingerprint density at radius 3 is 1.75 bits per heavy atom. The van der Waals surface area contributed by atoms with Crippen LogP contribution in [0.4, 0.5) is 0 Å². The molecule has 53 heavy (non-hydrogen) atoms. The fraction of sp³-hybridized carbons (Fsp3) is 0.395. The van der Waals surface area contributed by atoms with Gasteiger partial charge >= 0.3 is 0 Å². The van der Waals surface area contributed by atoms with E-state index < -0.39 is 58.7 Å². The molecule has 15 heteroatoms. The smallest absolute Gasteiger partial charge is 0.261 e. The van der Waals surface area contributed by atoms with Crippen LogP contribution < -0.4 is 37.2 Å². The lowest BCUT2D eigenvalue weighted by Gasteiger charge is -2.38. The third-order valence-electron chi connectivity index (χ3n) is 8.53. The van der Waals surface area contributed by atoms with Gasteiger partial charge in [-0.15, -0.1) is 0 Å². The number of hydrogen-bond acceptors (Lipinski definition) is 8. The van der Waals surface area contributed by atoms with Crippen molar-refractivity contribution in [3.63, 3.8) is 0 Å². The zero-order valence-electron chi connectivity index (χ0n) is 29.7. The number of amides is 5. The molecule has 0 heterocycles. The summed E-state index contributed by atoms with van der Waals surface area (Å²) >= 11 is 16.3. The van der Waals surface area contributed by atoms with Gasteiger partial charge < -0.3 is 32.3 Å². The number of unbranched alkanes of at least 4 members (excludes halogenated alkanes) is 2. The summed E-state index contributed by atoms with van der Waals surface area (Å²) in [7, 11) is 0. The third kappa shape index (κ3) is 13.0. The SMILES string of the molecule is CC(=O)N[C@@](Cl)(CCCCNCl)C(=O)NCCCCC(N)C(=O)NCC(=O)N[C@H](CS)C(=O)NC(c1ccccc1)(c1ccccc1)c1ccccc1. The largest absolute Gasteiger partial charge is 0.353 e. The van der Waals surface area contributed by atoms with Crippen LogP contribution in [0.3, 0.4) is 0 Å². The first-order chi connectivity index (χ1) is 25.5. The van der Waals surface area contributed by atoms with Gasteiger partial charge in [-0.3, -0.25) is 24.0 Å². The molecule has 0 saturated carbocycles. The third-order valence-corrected chi connectivity index (χ3v) is 9.54. The molecule has 3 aromatic rings. The van der Waals surface area contributed by atoms with Crippen molar-refractivity contribution in [2.75, 3.05) is 25.4 Å². The molecule has 0 aliphatic heterocycles. The molecule has 8 N–H and O–H groups in total. The van der Waals surface area contributed by atoms with E-state index in [9.17, 15) is 24.0 Å². The molecular formula is C38H49Cl2N7O5S. The van der Waals surface area contributed by atoms with Gasteiger partial charge in [-0.1, -0.05) is 103 Å². The average Bonchev–Trinajstić information content (AvgIpc) is 3.17. The Hall–Kier alpha value is -4.14. The average molecular weight is 787 g/mol. The van der Waals surface area contributed by atoms with E-state index >= 15 is 0 Å². The number of nitrogens with one attached hydrogen (secondary N) is 6. The summed E-state index contributed by atoms with van der Waals surface area (Å²) in [5.41, 5.74) is 7.45. The van der Waals surface area contributed by atoms with Crippen LogP contribution in [-0.4, -0.2) is 72.0 Å². The highest BCUT2D eigenvalue weighted by atomic mass is 35.5. The first-order valence-electron chi connectivity index (χ1n) is 17.5. The van der Waals surface area contributed by atoms with E-state index in [0.29, 0.717) is 32.2 Å². The van der Waals surface area contributed by atoms with Gasteiger partial charge in [-0.05, 0) is 67.0 Å². The van der Waals surface area contributed by atoms with E-state index in [2.05, 4.69) is 44.0 Å². The molecule has 3 rings (SSSR count). The number of nitrogens with two attached hydrogens (primary N) is 1. The second kappa shape index (κ2) is 22.2. The summed E-state index contributed by atoms with van der Waals surface area (Å²) in [6.45, 7) is 1.66. The van der Waals surface area contributed by atoms with Crippen molar-refractivity contribution in [1.82, 2.24) is 31.4 Å². The number of alkyl halides is 1. The highest BCUT2D eigenvalue weighted by Crippen LogP contribution is 2.37. The predicted molar refractivity (Wildman–Crippen MR) is 211 cm³/mol. The summed E-state index contributed by atoms with van der Waals surface area (Å²) in [6.07, 6.45) is 2.70. The van der Waals surface area contributed by atoms with Gasteiger partial charge in [-0.25, -0.2) is 4.84 Å². The topological polar surface area (TPSA) is 184 Å². The lowest BCUT2D eigenvalue weighted by Crippen LogP contribution is -2.57. The van der Waals surface area contributed by atoms with E-state index in [1.165, 1.54) is 6.92 Å². The van der Waals surface area contributed by atoms with Gasteiger partial charge in [0.15, 0.2) is 5.00 Å². The van der Waals surface area contributed by atoms with Crippen LogP contribution in [0.15, 0.2) is 91.0 Å². The number of benzene rings is 3. The normalized spacial score (nSPS) is 13.5. The Bertz CT molecular complexity index is 1530. The standard InChI is InChI=1S/C38H49Cl2N7O5S/c1-27(48)46-37(39,22-12-14-24-44-40)36(52)42-23-13-11-21-31(41)34(50)43-25-33(49)45-32(26-53)35(51)47-38(28-15-5-2-6-16-28,29-17-7-3-8-18-29)30-19-9-4-10-20-30/h2-10,15-20,31-32,44,53H,11-14,21-26,41H2,1H3,(H,42,52)(H,43,50)(H,45,49)(H,46,48)(H,47,51)/t31?,32-,37+/m1/s1. The number of carbonyl (C=O) groups is 5. The Morgan fingerprint density at radius 2 is 1.26 bits per heavy atom. The number of thiol groups is 1. The number of carbonyl (C=O) groups excluding carboxylic acids is 5. The fourth-order valence-electron chi connectivity index (χ4n) is 5.83. The first-order valence-corrected chi connectivity index (χ1v) is 18.9. The zero-order chi connectivity index (χ0) is 38.7. The van der Waals surface area contributed by atoms with E-state index in [1.54, 1.807) is 0 Å². The van der Waals surface area contributed by atoms with E-state index in [-0.39, 0.29) is 25.1 Å². The van der Waals surface area contributed by atoms with Crippen molar-refractivity contribution < 1.29 is 24.0 Å². The van der Waals surface area contributed by atoms with Crippen molar-refractivity contribution >= 4 is 65.5 Å². The highest BCUT2D eigenvalue weighted by molar-refractivity contribution is 7.80. The molecule has 5 amide bonds. The summed E-state index contributed by atoms with van der Waals surface area (Å²) in [5.74, 6) is -2.56. The highest BCUT2D eigenvalue weighted by Gasteiger charge is 2.40. The number of hydrogen-bond donors (Lipinski definition) is 8. The predicted octanol–water partition coefficient (Wildman–Crippen LogP) is 3.22. The molecule has 3 atom stereocenters. The monoisotopic (exact) mass is 785 g/mol. The van der Waals surface area contributed by atoms with Crippen LogP contribution in [0, 0.1) is 0 Å². The lowest BCUT2D eigenvalue weighted by molar-refractivity contribution is -0.130. The molecule has 0 saturated heterocycles. The van der Waals surface area contributed by atoms with Crippen molar-refractivity contribution in [3.05, 3.63) is 108 Å². The maximum absolute atomic E-state index is 13.9. The molecule has 0 aliphatic rings. The molecule has 1 unspecified atom stereocenters. The maximum Gasteiger partial charge on any atom is 0.261 e. The minimum absolute atomic E-state index is 0.00279. The van der Waals surface area contributed by atoms with Gasteiger partial charge in [0.05, 0.1) is 12.6 Å². The second-order valence-electron chi connectivity index (χ2n) is 12.5. The van der Waals surface area contributed by atoms with Gasteiger partial charge in [0.25, 0.3) is 5.91 Å². The van der Waals surface area contributed by atoms with Crippen molar-refractivity contribution in [3.8, 4) is 0 Å². The second-order valence-corrected chi connectivity index (χ2v) is 13.8. The van der Waals surface area contributed by atoms with Gasteiger partial charge in [0.2, 0.25) is 23.6 Å². The maximum atomic E-state index is 13.9. The zero-order valence-corrected chi connectivity index (χ0v) is 32.1. The molecule has 0 radical (unpaired) electrons. The lowest BCUT2D eigenvalue weighted by atomic mass is 9.77. The van der Waals surface area contributed by atoms with Crippen LogP contribution in [0.5, 0.6) is 0 Å². The first kappa shape index (κ1) is 43.3. The van der Waals surface area contributed by atoms with Crippen LogP contribution >= 0.6 is 36.0 Å². The molecule has 286 valence electrons. The minimum atomic E-state index is -1.59. The molecule has 0 spiro atoms. The summed E-state index contributed by atoms with van der Waals surface area (Å²) in [6, 6.07) is 26.8. The molecular weight excluding hydrogens is 737 g/mol. The number of rotatable bonds is 22. The van der Waals surface area contributed by atoms with Gasteiger partial charge in [0, 0.05) is 25.8 Å². The Balaban J connectivity index is 1.53. The van der Waals surface area contributed by atoms with Crippen molar-refractivity contribution in [2.24, 2.45) is 5.73 Å². The van der Waals surface area contributed by atoms with E-state index in [4.69, 9.17) is 29.1 Å². The van der Waals surface area contributed by atoms with Crippen LogP contribution in [-0.2, 0) is 29.5 Å². The number of halogens is 2.